The van der Waals surface area contributed by atoms with Gasteiger partial charge in [-0.1, -0.05) is 18.2 Å². The van der Waals surface area contributed by atoms with Crippen LogP contribution in [-0.2, 0) is 11.2 Å². The molecule has 1 aromatic carbocycles. The molecule has 0 aliphatic heterocycles. The number of thiophene rings is 1. The van der Waals surface area contributed by atoms with Gasteiger partial charge in [0.1, 0.15) is 5.75 Å². The van der Waals surface area contributed by atoms with Crippen molar-refractivity contribution in [2.24, 2.45) is 0 Å². The van der Waals surface area contributed by atoms with Gasteiger partial charge in [-0.05, 0) is 41.6 Å². The first-order valence-corrected chi connectivity index (χ1v) is 7.28. The van der Waals surface area contributed by atoms with Gasteiger partial charge in [-0.25, -0.2) is 0 Å². The Bertz CT molecular complexity index is 576. The van der Waals surface area contributed by atoms with Crippen molar-refractivity contribution < 1.29 is 9.53 Å². The van der Waals surface area contributed by atoms with Crippen molar-refractivity contribution in [3.8, 4) is 5.75 Å². The molecule has 0 atom stereocenters. The van der Waals surface area contributed by atoms with E-state index < -0.39 is 0 Å². The first kappa shape index (κ1) is 14.3. The van der Waals surface area contributed by atoms with E-state index in [-0.39, 0.29) is 5.91 Å². The van der Waals surface area contributed by atoms with Gasteiger partial charge in [-0.3, -0.25) is 4.79 Å². The molecule has 3 nitrogen and oxygen atoms in total. The van der Waals surface area contributed by atoms with E-state index in [9.17, 15) is 4.79 Å². The summed E-state index contributed by atoms with van der Waals surface area (Å²) in [7, 11) is 1.63. The number of amides is 1. The third kappa shape index (κ3) is 4.55. The molecule has 0 spiro atoms. The van der Waals surface area contributed by atoms with Crippen LogP contribution in [0.5, 0.6) is 5.75 Å². The number of carbonyl (C=O) groups excluding carboxylic acids is 1. The average Bonchev–Trinajstić information content (AvgIpc) is 2.98. The predicted octanol–water partition coefficient (Wildman–Crippen LogP) is 3.13. The van der Waals surface area contributed by atoms with Gasteiger partial charge in [0.25, 0.3) is 0 Å². The maximum Gasteiger partial charge on any atom is 0.244 e. The Morgan fingerprint density at radius 2 is 2.25 bits per heavy atom. The summed E-state index contributed by atoms with van der Waals surface area (Å²) in [6, 6.07) is 11.7. The van der Waals surface area contributed by atoms with Gasteiger partial charge in [-0.2, -0.15) is 0 Å². The number of ether oxygens (including phenoxy) is 1. The van der Waals surface area contributed by atoms with Gasteiger partial charge in [-0.15, -0.1) is 11.3 Å². The molecular weight excluding hydrogens is 270 g/mol. The number of methoxy groups -OCH3 is 1. The molecule has 20 heavy (non-hydrogen) atoms. The molecule has 1 heterocycles. The summed E-state index contributed by atoms with van der Waals surface area (Å²) in [5, 5.41) is 4.91. The maximum atomic E-state index is 11.7. The Kier molecular flexibility index (Phi) is 5.38. The van der Waals surface area contributed by atoms with Crippen molar-refractivity contribution >= 4 is 23.3 Å². The van der Waals surface area contributed by atoms with Crippen LogP contribution in [0.15, 0.2) is 47.9 Å². The number of carbonyl (C=O) groups is 1. The minimum absolute atomic E-state index is 0.0793. The number of rotatable bonds is 6. The lowest BCUT2D eigenvalue weighted by Gasteiger charge is -2.01. The van der Waals surface area contributed by atoms with E-state index >= 15 is 0 Å². The summed E-state index contributed by atoms with van der Waals surface area (Å²) in [4.78, 5) is 13.0. The monoisotopic (exact) mass is 287 g/mol. The summed E-state index contributed by atoms with van der Waals surface area (Å²) in [5.41, 5.74) is 0.942. The molecular formula is C16H17NO2S. The highest BCUT2D eigenvalue weighted by Gasteiger charge is 1.97. The van der Waals surface area contributed by atoms with Crippen LogP contribution < -0.4 is 10.1 Å². The van der Waals surface area contributed by atoms with Crippen molar-refractivity contribution in [1.82, 2.24) is 5.32 Å². The minimum Gasteiger partial charge on any atom is -0.497 e. The molecule has 0 bridgehead atoms. The lowest BCUT2D eigenvalue weighted by Crippen LogP contribution is -2.23. The lowest BCUT2D eigenvalue weighted by atomic mass is 10.2. The van der Waals surface area contributed by atoms with E-state index in [1.165, 1.54) is 4.88 Å². The standard InChI is InChI=1S/C16H17NO2S/c1-19-14-5-2-4-13(12-14)7-8-16(18)17-10-9-15-6-3-11-20-15/h2-8,11-12H,9-10H2,1H3,(H,17,18)/b8-7+. The van der Waals surface area contributed by atoms with Gasteiger partial charge in [0.2, 0.25) is 5.91 Å². The molecule has 0 saturated carbocycles. The van der Waals surface area contributed by atoms with Crippen LogP contribution in [0.2, 0.25) is 0 Å². The lowest BCUT2D eigenvalue weighted by molar-refractivity contribution is -0.116. The number of hydrogen-bond acceptors (Lipinski definition) is 3. The Balaban J connectivity index is 1.79. The fraction of sp³-hybridized carbons (Fsp3) is 0.188. The fourth-order valence-corrected chi connectivity index (χ4v) is 2.45. The van der Waals surface area contributed by atoms with Crippen LogP contribution in [0.4, 0.5) is 0 Å². The van der Waals surface area contributed by atoms with Crippen LogP contribution >= 0.6 is 11.3 Å². The molecule has 1 aromatic heterocycles. The van der Waals surface area contributed by atoms with Crippen LogP contribution in [-0.4, -0.2) is 19.6 Å². The molecule has 0 unspecified atom stereocenters. The SMILES string of the molecule is COc1cccc(/C=C/C(=O)NCCc2cccs2)c1. The highest BCUT2D eigenvalue weighted by Crippen LogP contribution is 2.13. The zero-order valence-corrected chi connectivity index (χ0v) is 12.2. The van der Waals surface area contributed by atoms with E-state index in [2.05, 4.69) is 11.4 Å². The summed E-state index contributed by atoms with van der Waals surface area (Å²) >= 11 is 1.71. The zero-order valence-electron chi connectivity index (χ0n) is 11.3. The van der Waals surface area contributed by atoms with Crippen LogP contribution in [0.25, 0.3) is 6.08 Å². The molecule has 0 aliphatic rings. The molecule has 1 N–H and O–H groups in total. The van der Waals surface area contributed by atoms with Crippen molar-refractivity contribution in [3.63, 3.8) is 0 Å². The van der Waals surface area contributed by atoms with Gasteiger partial charge in [0.05, 0.1) is 7.11 Å². The summed E-state index contributed by atoms with van der Waals surface area (Å²) in [6.07, 6.45) is 4.20. The largest absolute Gasteiger partial charge is 0.497 e. The third-order valence-corrected chi connectivity index (χ3v) is 3.71. The van der Waals surface area contributed by atoms with Gasteiger partial charge in [0.15, 0.2) is 0 Å². The number of hydrogen-bond donors (Lipinski definition) is 1. The van der Waals surface area contributed by atoms with E-state index in [4.69, 9.17) is 4.74 Å². The number of nitrogens with one attached hydrogen (secondary N) is 1. The smallest absolute Gasteiger partial charge is 0.244 e. The Hall–Kier alpha value is -2.07. The van der Waals surface area contributed by atoms with Crippen molar-refractivity contribution in [1.29, 1.82) is 0 Å². The van der Waals surface area contributed by atoms with Crippen molar-refractivity contribution in [2.45, 2.75) is 6.42 Å². The fourth-order valence-electron chi connectivity index (χ4n) is 1.74. The van der Waals surface area contributed by atoms with Crippen LogP contribution in [0.1, 0.15) is 10.4 Å². The number of benzene rings is 1. The molecule has 104 valence electrons. The zero-order chi connectivity index (χ0) is 14.2. The normalized spacial score (nSPS) is 10.7. The van der Waals surface area contributed by atoms with Crippen molar-refractivity contribution in [3.05, 3.63) is 58.3 Å². The summed E-state index contributed by atoms with van der Waals surface area (Å²) in [5.74, 6) is 0.703. The first-order valence-electron chi connectivity index (χ1n) is 6.40. The third-order valence-electron chi connectivity index (χ3n) is 2.77. The summed E-state index contributed by atoms with van der Waals surface area (Å²) in [6.45, 7) is 0.655. The highest BCUT2D eigenvalue weighted by atomic mass is 32.1. The predicted molar refractivity (Wildman–Crippen MR) is 83.1 cm³/mol. The van der Waals surface area contributed by atoms with Crippen molar-refractivity contribution in [2.75, 3.05) is 13.7 Å². The highest BCUT2D eigenvalue weighted by molar-refractivity contribution is 7.09. The van der Waals surface area contributed by atoms with Gasteiger partial charge < -0.3 is 10.1 Å². The van der Waals surface area contributed by atoms with E-state index in [1.807, 2.05) is 35.7 Å². The van der Waals surface area contributed by atoms with E-state index in [0.717, 1.165) is 17.7 Å². The van der Waals surface area contributed by atoms with Crippen LogP contribution in [0, 0.1) is 0 Å². The Morgan fingerprint density at radius 1 is 1.35 bits per heavy atom. The maximum absolute atomic E-state index is 11.7. The second kappa shape index (κ2) is 7.50. The molecule has 0 fully saturated rings. The topological polar surface area (TPSA) is 38.3 Å². The van der Waals surface area contributed by atoms with Crippen LogP contribution in [0.3, 0.4) is 0 Å². The molecule has 0 aliphatic carbocycles. The quantitative estimate of drug-likeness (QED) is 0.829. The van der Waals surface area contributed by atoms with E-state index in [0.29, 0.717) is 6.54 Å². The van der Waals surface area contributed by atoms with Gasteiger partial charge in [0, 0.05) is 17.5 Å². The Labute approximate surface area is 122 Å². The van der Waals surface area contributed by atoms with E-state index in [1.54, 1.807) is 30.6 Å². The first-order chi connectivity index (χ1) is 9.78. The van der Waals surface area contributed by atoms with Gasteiger partial charge >= 0.3 is 0 Å². The molecule has 1 amide bonds. The second-order valence-electron chi connectivity index (χ2n) is 4.23. The minimum atomic E-state index is -0.0793. The Morgan fingerprint density at radius 3 is 3.00 bits per heavy atom. The molecule has 0 radical (unpaired) electrons. The molecule has 0 saturated heterocycles. The molecule has 2 rings (SSSR count). The second-order valence-corrected chi connectivity index (χ2v) is 5.26. The summed E-state index contributed by atoms with van der Waals surface area (Å²) < 4.78 is 5.13. The average molecular weight is 287 g/mol. The molecule has 4 heteroatoms. The molecule has 2 aromatic rings.